The molecule has 182 valence electrons. The van der Waals surface area contributed by atoms with E-state index in [1.54, 1.807) is 0 Å². The molecule has 4 rings (SSSR count). The molecule has 0 spiro atoms. The SMILES string of the molecule is CC(C=O)=CCC[C@@H](C)[C@H]1CC[C@@]2(C)C3=C(CC[C@]12C)[C@@]1(C)CCC(=O)C(C)(C)[C@@H]1CC3=O. The number of carbonyl (C=O) groups is 3. The van der Waals surface area contributed by atoms with Crippen LogP contribution in [0.1, 0.15) is 106 Å². The maximum absolute atomic E-state index is 13.9. The normalized spacial score (nSPS) is 41.4. The molecule has 2 fully saturated rings. The van der Waals surface area contributed by atoms with E-state index in [0.717, 1.165) is 50.4 Å². The topological polar surface area (TPSA) is 51.2 Å². The van der Waals surface area contributed by atoms with Crippen LogP contribution in [0.3, 0.4) is 0 Å². The van der Waals surface area contributed by atoms with Gasteiger partial charge in [0.25, 0.3) is 0 Å². The Morgan fingerprint density at radius 3 is 2.42 bits per heavy atom. The van der Waals surface area contributed by atoms with Gasteiger partial charge in [-0.3, -0.25) is 14.4 Å². The van der Waals surface area contributed by atoms with Gasteiger partial charge in [0.1, 0.15) is 12.1 Å². The van der Waals surface area contributed by atoms with Crippen LogP contribution in [0.4, 0.5) is 0 Å². The van der Waals surface area contributed by atoms with Gasteiger partial charge in [-0.05, 0) is 86.0 Å². The number of hydrogen-bond donors (Lipinski definition) is 0. The standard InChI is InChI=1S/C30H44O3/c1-19(18-31)9-8-10-20(2)21-11-16-30(7)26-22(12-15-29(21,30)6)28(5)14-13-25(33)27(3,4)24(28)17-23(26)32/h9,18,20-21,24H,8,10-17H2,1-7H3/t20-,21-,24+,28-,29-,30+/m1/s1. The highest BCUT2D eigenvalue weighted by atomic mass is 16.1. The van der Waals surface area contributed by atoms with Crippen LogP contribution >= 0.6 is 0 Å². The fourth-order valence-electron chi connectivity index (χ4n) is 8.94. The summed E-state index contributed by atoms with van der Waals surface area (Å²) in [7, 11) is 0. The van der Waals surface area contributed by atoms with Crippen molar-refractivity contribution in [2.24, 2.45) is 39.4 Å². The Morgan fingerprint density at radius 2 is 1.76 bits per heavy atom. The van der Waals surface area contributed by atoms with Crippen molar-refractivity contribution in [1.82, 2.24) is 0 Å². The Kier molecular flexibility index (Phi) is 5.98. The highest BCUT2D eigenvalue weighted by Crippen LogP contribution is 2.71. The Hall–Kier alpha value is -1.51. The molecule has 0 radical (unpaired) electrons. The predicted molar refractivity (Wildman–Crippen MR) is 133 cm³/mol. The number of ketones is 2. The van der Waals surface area contributed by atoms with E-state index in [4.69, 9.17) is 0 Å². The minimum atomic E-state index is -0.414. The monoisotopic (exact) mass is 452 g/mol. The smallest absolute Gasteiger partial charge is 0.159 e. The zero-order valence-electron chi connectivity index (χ0n) is 22.0. The van der Waals surface area contributed by atoms with E-state index < -0.39 is 5.41 Å². The number of allylic oxidation sites excluding steroid dienone is 4. The van der Waals surface area contributed by atoms with Crippen LogP contribution in [0.25, 0.3) is 0 Å². The Balaban J connectivity index is 1.68. The molecule has 0 aromatic carbocycles. The predicted octanol–water partition coefficient (Wildman–Crippen LogP) is 7.05. The van der Waals surface area contributed by atoms with Crippen molar-refractivity contribution in [3.63, 3.8) is 0 Å². The van der Waals surface area contributed by atoms with Crippen molar-refractivity contribution in [3.8, 4) is 0 Å². The molecule has 0 saturated heterocycles. The van der Waals surface area contributed by atoms with Crippen LogP contribution in [0.5, 0.6) is 0 Å². The number of Topliss-reactive ketones (excluding diaryl/α,β-unsaturated/α-hetero) is 2. The molecule has 0 heterocycles. The van der Waals surface area contributed by atoms with Crippen molar-refractivity contribution in [1.29, 1.82) is 0 Å². The second kappa shape index (κ2) is 8.02. The van der Waals surface area contributed by atoms with Crippen LogP contribution in [-0.2, 0) is 14.4 Å². The molecular weight excluding hydrogens is 408 g/mol. The first-order valence-corrected chi connectivity index (χ1v) is 13.3. The van der Waals surface area contributed by atoms with Gasteiger partial charge < -0.3 is 0 Å². The highest BCUT2D eigenvalue weighted by molar-refractivity contribution is 6.00. The number of carbonyl (C=O) groups excluding carboxylic acids is 3. The summed E-state index contributed by atoms with van der Waals surface area (Å²) in [6.07, 6.45) is 11.6. The lowest BCUT2D eigenvalue weighted by atomic mass is 9.43. The average Bonchev–Trinajstić information content (AvgIpc) is 3.04. The van der Waals surface area contributed by atoms with Crippen LogP contribution in [0.15, 0.2) is 22.8 Å². The Labute approximate surface area is 200 Å². The van der Waals surface area contributed by atoms with Crippen LogP contribution < -0.4 is 0 Å². The molecule has 6 atom stereocenters. The van der Waals surface area contributed by atoms with E-state index in [-0.39, 0.29) is 22.2 Å². The number of aldehydes is 1. The molecule has 0 amide bonds. The molecule has 0 unspecified atom stereocenters. The molecule has 4 aliphatic carbocycles. The van der Waals surface area contributed by atoms with E-state index in [9.17, 15) is 14.4 Å². The zero-order valence-corrected chi connectivity index (χ0v) is 22.0. The summed E-state index contributed by atoms with van der Waals surface area (Å²) in [6, 6.07) is 0. The van der Waals surface area contributed by atoms with E-state index >= 15 is 0 Å². The quantitative estimate of drug-likeness (QED) is 0.332. The summed E-state index contributed by atoms with van der Waals surface area (Å²) in [4.78, 5) is 37.6. The Bertz CT molecular complexity index is 936. The molecule has 0 aromatic heterocycles. The van der Waals surface area contributed by atoms with E-state index in [1.165, 1.54) is 17.6 Å². The van der Waals surface area contributed by atoms with Gasteiger partial charge in [0.2, 0.25) is 0 Å². The van der Waals surface area contributed by atoms with Gasteiger partial charge in [0.05, 0.1) is 0 Å². The lowest BCUT2D eigenvalue weighted by molar-refractivity contribution is -0.142. The van der Waals surface area contributed by atoms with Crippen molar-refractivity contribution >= 4 is 17.9 Å². The summed E-state index contributed by atoms with van der Waals surface area (Å²) >= 11 is 0. The molecular formula is C30H44O3. The molecule has 33 heavy (non-hydrogen) atoms. The fourth-order valence-corrected chi connectivity index (χ4v) is 8.94. The second-order valence-electron chi connectivity index (χ2n) is 13.1. The maximum Gasteiger partial charge on any atom is 0.159 e. The number of fused-ring (bicyclic) bond motifs is 4. The molecule has 0 N–H and O–H groups in total. The minimum Gasteiger partial charge on any atom is -0.299 e. The summed E-state index contributed by atoms with van der Waals surface area (Å²) in [5, 5.41) is 0. The first-order valence-electron chi connectivity index (χ1n) is 13.3. The first-order chi connectivity index (χ1) is 15.3. The van der Waals surface area contributed by atoms with Gasteiger partial charge in [-0.2, -0.15) is 0 Å². The summed E-state index contributed by atoms with van der Waals surface area (Å²) in [5.41, 5.74) is 3.04. The van der Waals surface area contributed by atoms with Crippen molar-refractivity contribution in [3.05, 3.63) is 22.8 Å². The zero-order chi connectivity index (χ0) is 24.4. The van der Waals surface area contributed by atoms with Gasteiger partial charge in [0.15, 0.2) is 5.78 Å². The molecule has 0 aromatic rings. The van der Waals surface area contributed by atoms with Crippen molar-refractivity contribution in [2.75, 3.05) is 0 Å². The van der Waals surface area contributed by atoms with E-state index in [1.807, 2.05) is 6.92 Å². The van der Waals surface area contributed by atoms with Crippen LogP contribution in [0, 0.1) is 39.4 Å². The highest BCUT2D eigenvalue weighted by Gasteiger charge is 2.65. The second-order valence-corrected chi connectivity index (χ2v) is 13.1. The van der Waals surface area contributed by atoms with Crippen LogP contribution in [-0.4, -0.2) is 17.9 Å². The minimum absolute atomic E-state index is 0.0220. The van der Waals surface area contributed by atoms with Crippen molar-refractivity contribution in [2.45, 2.75) is 106 Å². The lowest BCUT2D eigenvalue weighted by Crippen LogP contribution is -2.56. The molecule has 0 bridgehead atoms. The molecule has 2 saturated carbocycles. The van der Waals surface area contributed by atoms with Gasteiger partial charge >= 0.3 is 0 Å². The van der Waals surface area contributed by atoms with Crippen molar-refractivity contribution < 1.29 is 14.4 Å². The molecule has 4 aliphatic rings. The van der Waals surface area contributed by atoms with Crippen LogP contribution in [0.2, 0.25) is 0 Å². The maximum atomic E-state index is 13.9. The lowest BCUT2D eigenvalue weighted by Gasteiger charge is -2.60. The Morgan fingerprint density at radius 1 is 1.06 bits per heavy atom. The third kappa shape index (κ3) is 3.39. The summed E-state index contributed by atoms with van der Waals surface area (Å²) in [6.45, 7) is 15.7. The molecule has 0 aliphatic heterocycles. The van der Waals surface area contributed by atoms with Gasteiger partial charge in [-0.25, -0.2) is 0 Å². The van der Waals surface area contributed by atoms with Gasteiger partial charge in [-0.1, -0.05) is 53.2 Å². The third-order valence-corrected chi connectivity index (χ3v) is 11.3. The number of rotatable bonds is 5. The molecule has 3 heteroatoms. The van der Waals surface area contributed by atoms with E-state index in [2.05, 4.69) is 47.6 Å². The third-order valence-electron chi connectivity index (χ3n) is 11.3. The summed E-state index contributed by atoms with van der Waals surface area (Å²) in [5.74, 6) is 1.98. The largest absolute Gasteiger partial charge is 0.299 e. The van der Waals surface area contributed by atoms with E-state index in [0.29, 0.717) is 36.2 Å². The fraction of sp³-hybridized carbons (Fsp3) is 0.767. The van der Waals surface area contributed by atoms with Gasteiger partial charge in [0, 0.05) is 29.2 Å². The first kappa shape index (κ1) is 24.6. The number of hydrogen-bond acceptors (Lipinski definition) is 3. The summed E-state index contributed by atoms with van der Waals surface area (Å²) < 4.78 is 0. The average molecular weight is 453 g/mol. The molecule has 3 nitrogen and oxygen atoms in total. The van der Waals surface area contributed by atoms with Gasteiger partial charge in [-0.15, -0.1) is 0 Å².